The van der Waals surface area contributed by atoms with Gasteiger partial charge in [0.25, 0.3) is 11.8 Å². The summed E-state index contributed by atoms with van der Waals surface area (Å²) in [5.74, 6) is -0.187. The molecule has 8 nitrogen and oxygen atoms in total. The number of rotatable bonds is 4. The lowest BCUT2D eigenvalue weighted by atomic mass is 9.75. The monoisotopic (exact) mass is 415 g/mol. The van der Waals surface area contributed by atoms with Gasteiger partial charge >= 0.3 is 6.03 Å². The summed E-state index contributed by atoms with van der Waals surface area (Å²) in [6.07, 6.45) is 4.19. The Morgan fingerprint density at radius 3 is 2.72 bits per heavy atom. The number of hydrogen-bond donors (Lipinski definition) is 2. The highest BCUT2D eigenvalue weighted by atomic mass is 32.1. The molecule has 1 saturated heterocycles. The van der Waals surface area contributed by atoms with Crippen LogP contribution in [0, 0.1) is 5.92 Å². The molecule has 0 radical (unpaired) electrons. The molecule has 0 atom stereocenters. The first-order valence-corrected chi connectivity index (χ1v) is 10.8. The van der Waals surface area contributed by atoms with E-state index in [9.17, 15) is 14.4 Å². The zero-order valence-corrected chi connectivity index (χ0v) is 17.4. The van der Waals surface area contributed by atoms with Gasteiger partial charge in [-0.05, 0) is 43.7 Å². The molecule has 2 aliphatic rings. The van der Waals surface area contributed by atoms with E-state index in [1.54, 1.807) is 0 Å². The smallest absolute Gasteiger partial charge is 0.323 e. The maximum Gasteiger partial charge on any atom is 0.325 e. The van der Waals surface area contributed by atoms with E-state index < -0.39 is 17.5 Å². The van der Waals surface area contributed by atoms with Crippen LogP contribution in [0.3, 0.4) is 0 Å². The zero-order chi connectivity index (χ0) is 20.6. The number of fused-ring (bicyclic) bond motifs is 1. The number of urea groups is 1. The topological polar surface area (TPSA) is 95.8 Å². The fraction of sp³-hybridized carbons (Fsp3) is 0.500. The molecule has 0 unspecified atom stereocenters. The SMILES string of the molecule is CCC1CCC2(CC1)NC(=O)N(CC(=O)N/N=c1/sc3ccccc3n1C)C2=O. The van der Waals surface area contributed by atoms with Crippen LogP contribution in [0.1, 0.15) is 39.0 Å². The van der Waals surface area contributed by atoms with Crippen LogP contribution >= 0.6 is 11.3 Å². The van der Waals surface area contributed by atoms with Crippen LogP contribution in [0.15, 0.2) is 29.4 Å². The van der Waals surface area contributed by atoms with Gasteiger partial charge in [0.2, 0.25) is 4.80 Å². The summed E-state index contributed by atoms with van der Waals surface area (Å²) in [7, 11) is 1.87. The van der Waals surface area contributed by atoms with E-state index in [0.717, 1.165) is 34.4 Å². The summed E-state index contributed by atoms with van der Waals surface area (Å²) in [6, 6.07) is 7.36. The molecule has 9 heteroatoms. The molecule has 2 aromatic rings. The van der Waals surface area contributed by atoms with Crippen LogP contribution < -0.4 is 15.5 Å². The Morgan fingerprint density at radius 2 is 2.03 bits per heavy atom. The van der Waals surface area contributed by atoms with E-state index in [-0.39, 0.29) is 12.5 Å². The van der Waals surface area contributed by atoms with Crippen LogP contribution in [0.5, 0.6) is 0 Å². The van der Waals surface area contributed by atoms with Crippen molar-refractivity contribution in [1.82, 2.24) is 20.2 Å². The quantitative estimate of drug-likeness (QED) is 0.591. The fourth-order valence-electron chi connectivity index (χ4n) is 4.21. The van der Waals surface area contributed by atoms with Crippen LogP contribution in [0.2, 0.25) is 0 Å². The number of benzene rings is 1. The Labute approximate surface area is 172 Å². The van der Waals surface area contributed by atoms with Gasteiger partial charge < -0.3 is 9.88 Å². The standard InChI is InChI=1S/C20H25N5O3S/c1-3-13-8-10-20(11-9-13)17(27)25(18(28)21-20)12-16(26)22-23-19-24(2)14-6-4-5-7-15(14)29-19/h4-7,13H,3,8-12H2,1-2H3,(H,21,28)(H,22,26)/b23-19+. The summed E-state index contributed by atoms with van der Waals surface area (Å²) in [5.41, 5.74) is 2.66. The van der Waals surface area contributed by atoms with Gasteiger partial charge in [-0.15, -0.1) is 5.10 Å². The second-order valence-electron chi connectivity index (χ2n) is 7.81. The highest BCUT2D eigenvalue weighted by Gasteiger charge is 2.52. The molecule has 29 heavy (non-hydrogen) atoms. The maximum atomic E-state index is 12.9. The molecule has 1 aromatic heterocycles. The van der Waals surface area contributed by atoms with Crippen molar-refractivity contribution >= 4 is 39.4 Å². The lowest BCUT2D eigenvalue weighted by Crippen LogP contribution is -2.50. The number of thiazole rings is 1. The molecule has 1 aromatic carbocycles. The van der Waals surface area contributed by atoms with Gasteiger partial charge in [-0.1, -0.05) is 36.8 Å². The number of amides is 4. The summed E-state index contributed by atoms with van der Waals surface area (Å²) in [6.45, 7) is 1.82. The Morgan fingerprint density at radius 1 is 1.31 bits per heavy atom. The number of carbonyl (C=O) groups excluding carboxylic acids is 3. The van der Waals surface area contributed by atoms with Crippen molar-refractivity contribution in [1.29, 1.82) is 0 Å². The Bertz CT molecular complexity index is 1030. The molecule has 154 valence electrons. The van der Waals surface area contributed by atoms with Crippen molar-refractivity contribution in [3.63, 3.8) is 0 Å². The van der Waals surface area contributed by atoms with Crippen LogP contribution in [0.25, 0.3) is 10.2 Å². The summed E-state index contributed by atoms with van der Waals surface area (Å²) in [5, 5.41) is 7.02. The first-order valence-electron chi connectivity index (χ1n) is 9.95. The summed E-state index contributed by atoms with van der Waals surface area (Å²) < 4.78 is 2.94. The zero-order valence-electron chi connectivity index (χ0n) is 16.6. The summed E-state index contributed by atoms with van der Waals surface area (Å²) in [4.78, 5) is 39.3. The van der Waals surface area contributed by atoms with E-state index in [0.29, 0.717) is 23.6 Å². The van der Waals surface area contributed by atoms with Crippen molar-refractivity contribution < 1.29 is 14.4 Å². The molecule has 2 fully saturated rings. The number of para-hydroxylation sites is 1. The number of nitrogens with one attached hydrogen (secondary N) is 2. The van der Waals surface area contributed by atoms with Crippen molar-refractivity contribution in [3.05, 3.63) is 29.1 Å². The molecule has 4 rings (SSSR count). The molecule has 1 saturated carbocycles. The molecular weight excluding hydrogens is 390 g/mol. The van der Waals surface area contributed by atoms with Gasteiger partial charge in [-0.3, -0.25) is 14.5 Å². The predicted octanol–water partition coefficient (Wildman–Crippen LogP) is 2.06. The average molecular weight is 416 g/mol. The normalized spacial score (nSPS) is 25.1. The van der Waals surface area contributed by atoms with Crippen LogP contribution in [0.4, 0.5) is 4.79 Å². The molecule has 2 N–H and O–H groups in total. The van der Waals surface area contributed by atoms with Crippen molar-refractivity contribution in [2.24, 2.45) is 18.1 Å². The van der Waals surface area contributed by atoms with Gasteiger partial charge in [0, 0.05) is 7.05 Å². The average Bonchev–Trinajstić information content (AvgIpc) is 3.16. The largest absolute Gasteiger partial charge is 0.325 e. The van der Waals surface area contributed by atoms with E-state index in [4.69, 9.17) is 0 Å². The minimum absolute atomic E-state index is 0.292. The van der Waals surface area contributed by atoms with Gasteiger partial charge in [-0.2, -0.15) is 0 Å². The number of nitrogens with zero attached hydrogens (tertiary/aromatic N) is 3. The lowest BCUT2D eigenvalue weighted by molar-refractivity contribution is -0.136. The molecule has 1 spiro atoms. The second-order valence-corrected chi connectivity index (χ2v) is 8.82. The van der Waals surface area contributed by atoms with Gasteiger partial charge in [0.1, 0.15) is 12.1 Å². The molecule has 1 aliphatic heterocycles. The minimum Gasteiger partial charge on any atom is -0.323 e. The summed E-state index contributed by atoms with van der Waals surface area (Å²) >= 11 is 1.45. The van der Waals surface area contributed by atoms with E-state index in [1.165, 1.54) is 11.3 Å². The van der Waals surface area contributed by atoms with Crippen molar-refractivity contribution in [3.8, 4) is 0 Å². The van der Waals surface area contributed by atoms with E-state index >= 15 is 0 Å². The minimum atomic E-state index is -0.835. The number of imide groups is 1. The second kappa shape index (κ2) is 7.62. The number of hydrogen-bond acceptors (Lipinski definition) is 5. The Balaban J connectivity index is 1.44. The highest BCUT2D eigenvalue weighted by molar-refractivity contribution is 7.16. The van der Waals surface area contributed by atoms with Crippen molar-refractivity contribution in [2.75, 3.05) is 6.54 Å². The van der Waals surface area contributed by atoms with E-state index in [1.807, 2.05) is 35.9 Å². The number of carbonyl (C=O) groups is 3. The maximum absolute atomic E-state index is 12.9. The number of aryl methyl sites for hydroxylation is 1. The van der Waals surface area contributed by atoms with E-state index in [2.05, 4.69) is 22.8 Å². The van der Waals surface area contributed by atoms with Gasteiger partial charge in [0.05, 0.1) is 10.2 Å². The Kier molecular flexibility index (Phi) is 5.16. The first-order chi connectivity index (χ1) is 13.9. The molecule has 2 heterocycles. The van der Waals surface area contributed by atoms with Crippen LogP contribution in [-0.4, -0.2) is 39.4 Å². The van der Waals surface area contributed by atoms with Crippen LogP contribution in [-0.2, 0) is 16.6 Å². The van der Waals surface area contributed by atoms with Gasteiger partial charge in [-0.25, -0.2) is 10.2 Å². The third-order valence-electron chi connectivity index (χ3n) is 6.07. The fourth-order valence-corrected chi connectivity index (χ4v) is 5.19. The Hall–Kier alpha value is -2.68. The highest BCUT2D eigenvalue weighted by Crippen LogP contribution is 2.37. The van der Waals surface area contributed by atoms with Gasteiger partial charge in [0.15, 0.2) is 0 Å². The predicted molar refractivity (Wildman–Crippen MR) is 110 cm³/mol. The van der Waals surface area contributed by atoms with Crippen molar-refractivity contribution in [2.45, 2.75) is 44.6 Å². The third kappa shape index (κ3) is 3.55. The molecule has 1 aliphatic carbocycles. The first kappa shape index (κ1) is 19.6. The third-order valence-corrected chi connectivity index (χ3v) is 7.19. The molecule has 4 amide bonds. The molecular formula is C20H25N5O3S. The molecule has 0 bridgehead atoms. The lowest BCUT2D eigenvalue weighted by Gasteiger charge is -2.34. The number of aromatic nitrogens is 1.